The topological polar surface area (TPSA) is 55.8 Å². The molecule has 0 N–H and O–H groups in total. The zero-order valence-electron chi connectivity index (χ0n) is 11.9. The standard InChI is InChI=1S/C13H23NO4/c1-9(15)8-17-11-6-10(7-11)14(5)12(16)18-13(2,3)4/h10-11H,6-8H2,1-5H3. The van der Waals surface area contributed by atoms with Gasteiger partial charge in [-0.2, -0.15) is 0 Å². The smallest absolute Gasteiger partial charge is 0.410 e. The van der Waals surface area contributed by atoms with Gasteiger partial charge in [-0.05, 0) is 40.5 Å². The Hall–Kier alpha value is -1.10. The summed E-state index contributed by atoms with van der Waals surface area (Å²) in [7, 11) is 1.74. The molecule has 1 aliphatic rings. The lowest BCUT2D eigenvalue weighted by atomic mass is 9.88. The van der Waals surface area contributed by atoms with Crippen molar-refractivity contribution in [2.45, 2.75) is 58.3 Å². The van der Waals surface area contributed by atoms with Crippen molar-refractivity contribution >= 4 is 11.9 Å². The summed E-state index contributed by atoms with van der Waals surface area (Å²) < 4.78 is 10.7. The van der Waals surface area contributed by atoms with Crippen LogP contribution in [0.1, 0.15) is 40.5 Å². The Morgan fingerprint density at radius 2 is 1.83 bits per heavy atom. The summed E-state index contributed by atoms with van der Waals surface area (Å²) >= 11 is 0. The zero-order chi connectivity index (χ0) is 13.9. The summed E-state index contributed by atoms with van der Waals surface area (Å²) in [6.07, 6.45) is 1.31. The highest BCUT2D eigenvalue weighted by molar-refractivity contribution is 5.76. The molecule has 1 amide bonds. The molecule has 0 heterocycles. The van der Waals surface area contributed by atoms with E-state index < -0.39 is 5.60 Å². The number of hydrogen-bond donors (Lipinski definition) is 0. The highest BCUT2D eigenvalue weighted by atomic mass is 16.6. The monoisotopic (exact) mass is 257 g/mol. The fourth-order valence-corrected chi connectivity index (χ4v) is 1.71. The maximum Gasteiger partial charge on any atom is 0.410 e. The van der Waals surface area contributed by atoms with Crippen molar-refractivity contribution in [3.63, 3.8) is 0 Å². The molecule has 18 heavy (non-hydrogen) atoms. The van der Waals surface area contributed by atoms with Crippen molar-refractivity contribution in [3.8, 4) is 0 Å². The first-order valence-electron chi connectivity index (χ1n) is 6.26. The predicted octanol–water partition coefficient (Wildman–Crippen LogP) is 1.99. The minimum atomic E-state index is -0.473. The first-order chi connectivity index (χ1) is 8.19. The van der Waals surface area contributed by atoms with E-state index >= 15 is 0 Å². The largest absolute Gasteiger partial charge is 0.444 e. The minimum absolute atomic E-state index is 0.0268. The molecule has 0 bridgehead atoms. The Morgan fingerprint density at radius 3 is 2.28 bits per heavy atom. The SMILES string of the molecule is CC(=O)COC1CC(N(C)C(=O)OC(C)(C)C)C1. The van der Waals surface area contributed by atoms with E-state index in [2.05, 4.69) is 0 Å². The van der Waals surface area contributed by atoms with Crippen molar-refractivity contribution in [2.24, 2.45) is 0 Å². The van der Waals surface area contributed by atoms with E-state index in [0.717, 1.165) is 12.8 Å². The second-order valence-corrected chi connectivity index (χ2v) is 5.85. The normalized spacial score (nSPS) is 23.2. The molecule has 5 heteroatoms. The summed E-state index contributed by atoms with van der Waals surface area (Å²) in [5.74, 6) is 0.0268. The van der Waals surface area contributed by atoms with Crippen molar-refractivity contribution < 1.29 is 19.1 Å². The molecule has 0 atom stereocenters. The highest BCUT2D eigenvalue weighted by Gasteiger charge is 2.36. The number of Topliss-reactive ketones (excluding diaryl/α,β-unsaturated/α-hetero) is 1. The van der Waals surface area contributed by atoms with Gasteiger partial charge in [0.15, 0.2) is 5.78 Å². The van der Waals surface area contributed by atoms with E-state index in [-0.39, 0.29) is 30.6 Å². The van der Waals surface area contributed by atoms with Crippen LogP contribution in [0.15, 0.2) is 0 Å². The second-order valence-electron chi connectivity index (χ2n) is 5.85. The molecule has 1 saturated carbocycles. The first-order valence-corrected chi connectivity index (χ1v) is 6.26. The number of carbonyl (C=O) groups is 2. The van der Waals surface area contributed by atoms with Crippen LogP contribution in [0, 0.1) is 0 Å². The van der Waals surface area contributed by atoms with Gasteiger partial charge in [0.2, 0.25) is 0 Å². The molecule has 1 fully saturated rings. The van der Waals surface area contributed by atoms with Gasteiger partial charge >= 0.3 is 6.09 Å². The molecule has 0 aromatic carbocycles. The van der Waals surface area contributed by atoms with Gasteiger partial charge in [0.25, 0.3) is 0 Å². The molecule has 0 radical (unpaired) electrons. The van der Waals surface area contributed by atoms with Gasteiger partial charge in [-0.3, -0.25) is 4.79 Å². The Labute approximate surface area is 108 Å². The molecule has 0 aromatic rings. The number of ketones is 1. The molecule has 0 spiro atoms. The van der Waals surface area contributed by atoms with Crippen LogP contribution in [0.4, 0.5) is 4.79 Å². The number of rotatable bonds is 4. The number of amides is 1. The quantitative estimate of drug-likeness (QED) is 0.773. The van der Waals surface area contributed by atoms with E-state index in [4.69, 9.17) is 9.47 Å². The lowest BCUT2D eigenvalue weighted by Crippen LogP contribution is -2.50. The van der Waals surface area contributed by atoms with Crippen LogP contribution in [0.2, 0.25) is 0 Å². The first kappa shape index (κ1) is 15.0. The van der Waals surface area contributed by atoms with Gasteiger partial charge in [0.1, 0.15) is 12.2 Å². The van der Waals surface area contributed by atoms with Crippen LogP contribution >= 0.6 is 0 Å². The van der Waals surface area contributed by atoms with Crippen molar-refractivity contribution in [2.75, 3.05) is 13.7 Å². The summed E-state index contributed by atoms with van der Waals surface area (Å²) in [5, 5.41) is 0. The van der Waals surface area contributed by atoms with Gasteiger partial charge in [0.05, 0.1) is 6.10 Å². The third kappa shape index (κ3) is 4.64. The zero-order valence-corrected chi connectivity index (χ0v) is 11.9. The predicted molar refractivity (Wildman–Crippen MR) is 67.4 cm³/mol. The van der Waals surface area contributed by atoms with Crippen molar-refractivity contribution in [3.05, 3.63) is 0 Å². The van der Waals surface area contributed by atoms with Crippen LogP contribution in [0.5, 0.6) is 0 Å². The summed E-state index contributed by atoms with van der Waals surface area (Å²) in [6, 6.07) is 0.150. The van der Waals surface area contributed by atoms with Crippen LogP contribution in [-0.2, 0) is 14.3 Å². The van der Waals surface area contributed by atoms with Crippen LogP contribution in [0.3, 0.4) is 0 Å². The molecule has 5 nitrogen and oxygen atoms in total. The number of hydrogen-bond acceptors (Lipinski definition) is 4. The molecule has 0 unspecified atom stereocenters. The summed E-state index contributed by atoms with van der Waals surface area (Å²) in [5.41, 5.74) is -0.473. The van der Waals surface area contributed by atoms with E-state index in [1.807, 2.05) is 20.8 Å². The Bertz CT molecular complexity index is 315. The van der Waals surface area contributed by atoms with Crippen molar-refractivity contribution in [1.29, 1.82) is 0 Å². The highest BCUT2D eigenvalue weighted by Crippen LogP contribution is 2.28. The van der Waals surface area contributed by atoms with Crippen LogP contribution in [-0.4, -0.2) is 48.2 Å². The number of nitrogens with zero attached hydrogens (tertiary/aromatic N) is 1. The van der Waals surface area contributed by atoms with E-state index in [9.17, 15) is 9.59 Å². The Morgan fingerprint density at radius 1 is 1.28 bits per heavy atom. The van der Waals surface area contributed by atoms with Crippen molar-refractivity contribution in [1.82, 2.24) is 4.90 Å². The van der Waals surface area contributed by atoms with E-state index in [1.54, 1.807) is 11.9 Å². The van der Waals surface area contributed by atoms with Crippen LogP contribution < -0.4 is 0 Å². The van der Waals surface area contributed by atoms with Gasteiger partial charge in [-0.1, -0.05) is 0 Å². The number of ether oxygens (including phenoxy) is 2. The maximum absolute atomic E-state index is 11.8. The Balaban J connectivity index is 2.28. The van der Waals surface area contributed by atoms with E-state index in [1.165, 1.54) is 6.92 Å². The third-order valence-electron chi connectivity index (χ3n) is 2.82. The summed E-state index contributed by atoms with van der Waals surface area (Å²) in [4.78, 5) is 24.1. The van der Waals surface area contributed by atoms with Gasteiger partial charge in [-0.15, -0.1) is 0 Å². The lowest BCUT2D eigenvalue weighted by Gasteiger charge is -2.40. The molecular weight excluding hydrogens is 234 g/mol. The number of carbonyl (C=O) groups excluding carboxylic acids is 2. The van der Waals surface area contributed by atoms with E-state index in [0.29, 0.717) is 0 Å². The average molecular weight is 257 g/mol. The second kappa shape index (κ2) is 5.69. The minimum Gasteiger partial charge on any atom is -0.444 e. The molecule has 0 aromatic heterocycles. The maximum atomic E-state index is 11.8. The fourth-order valence-electron chi connectivity index (χ4n) is 1.71. The summed E-state index contributed by atoms with van der Waals surface area (Å²) in [6.45, 7) is 7.20. The molecule has 104 valence electrons. The van der Waals surface area contributed by atoms with Gasteiger partial charge in [-0.25, -0.2) is 4.79 Å². The third-order valence-corrected chi connectivity index (χ3v) is 2.82. The molecule has 1 aliphatic carbocycles. The van der Waals surface area contributed by atoms with Crippen LogP contribution in [0.25, 0.3) is 0 Å². The molecule has 0 aliphatic heterocycles. The average Bonchev–Trinajstić information content (AvgIpc) is 2.11. The van der Waals surface area contributed by atoms with Gasteiger partial charge < -0.3 is 14.4 Å². The molecule has 0 saturated heterocycles. The molecule has 1 rings (SSSR count). The molecular formula is C13H23NO4. The Kier molecular flexibility index (Phi) is 4.73. The fraction of sp³-hybridized carbons (Fsp3) is 0.846. The van der Waals surface area contributed by atoms with Gasteiger partial charge in [0, 0.05) is 13.1 Å². The lowest BCUT2D eigenvalue weighted by molar-refractivity contribution is -0.127.